The van der Waals surface area contributed by atoms with Crippen molar-refractivity contribution in [3.05, 3.63) is 59.7 Å². The lowest BCUT2D eigenvalue weighted by atomic mass is 10.1. The summed E-state index contributed by atoms with van der Waals surface area (Å²) in [5, 5.41) is 33.3. The van der Waals surface area contributed by atoms with Crippen molar-refractivity contribution in [1.29, 1.82) is 0 Å². The number of hydrogen-bond donors (Lipinski definition) is 5. The predicted molar refractivity (Wildman–Crippen MR) is 108 cm³/mol. The molecule has 7 nitrogen and oxygen atoms in total. The van der Waals surface area contributed by atoms with Crippen LogP contribution in [0.3, 0.4) is 0 Å². The average Bonchev–Trinajstić information content (AvgIpc) is 2.71. The van der Waals surface area contributed by atoms with Crippen LogP contribution in [0.25, 0.3) is 6.08 Å². The third-order valence-corrected chi connectivity index (χ3v) is 4.05. The second kappa shape index (κ2) is 10.7. The summed E-state index contributed by atoms with van der Waals surface area (Å²) in [4.78, 5) is 22.8. The summed E-state index contributed by atoms with van der Waals surface area (Å²) < 4.78 is 0. The van der Waals surface area contributed by atoms with E-state index in [1.54, 1.807) is 12.1 Å². The van der Waals surface area contributed by atoms with Gasteiger partial charge in [0.1, 0.15) is 0 Å². The van der Waals surface area contributed by atoms with Crippen molar-refractivity contribution in [2.45, 2.75) is 19.3 Å². The van der Waals surface area contributed by atoms with Crippen LogP contribution in [0.5, 0.6) is 11.5 Å². The van der Waals surface area contributed by atoms with E-state index in [2.05, 4.69) is 10.6 Å². The fourth-order valence-electron chi connectivity index (χ4n) is 2.57. The van der Waals surface area contributed by atoms with Crippen molar-refractivity contribution in [2.75, 3.05) is 18.4 Å². The van der Waals surface area contributed by atoms with Gasteiger partial charge in [0, 0.05) is 6.08 Å². The quantitative estimate of drug-likeness (QED) is 0.408. The summed E-state index contributed by atoms with van der Waals surface area (Å²) in [5.41, 5.74) is 0.696. The molecule has 1 heterocycles. The van der Waals surface area contributed by atoms with E-state index in [1.165, 1.54) is 74.8 Å². The molecular formula is C21H24N2O5. The van der Waals surface area contributed by atoms with Crippen LogP contribution in [0.4, 0.5) is 5.69 Å². The Kier molecular flexibility index (Phi) is 8.05. The number of aromatic hydroxyl groups is 2. The minimum absolute atomic E-state index is 0.00784. The van der Waals surface area contributed by atoms with Crippen LogP contribution in [0.2, 0.25) is 0 Å². The second-order valence-electron chi connectivity index (χ2n) is 6.23. The normalized spacial score (nSPS) is 13.4. The van der Waals surface area contributed by atoms with Gasteiger partial charge < -0.3 is 26.0 Å². The number of rotatable bonds is 4. The predicted octanol–water partition coefficient (Wildman–Crippen LogP) is 3.21. The summed E-state index contributed by atoms with van der Waals surface area (Å²) in [6.07, 6.45) is 6.84. The number of phenols is 2. The van der Waals surface area contributed by atoms with E-state index in [0.717, 1.165) is 0 Å². The molecule has 1 amide bonds. The van der Waals surface area contributed by atoms with E-state index in [4.69, 9.17) is 5.11 Å². The Balaban J connectivity index is 0.000000397. The van der Waals surface area contributed by atoms with Crippen LogP contribution in [0.1, 0.15) is 35.2 Å². The minimum atomic E-state index is -1.14. The molecule has 0 bridgehead atoms. The van der Waals surface area contributed by atoms with Crippen LogP contribution in [0, 0.1) is 0 Å². The molecule has 28 heavy (non-hydrogen) atoms. The topological polar surface area (TPSA) is 119 Å². The number of hydrogen-bond acceptors (Lipinski definition) is 5. The zero-order valence-electron chi connectivity index (χ0n) is 15.4. The van der Waals surface area contributed by atoms with Crippen molar-refractivity contribution in [3.63, 3.8) is 0 Å². The summed E-state index contributed by atoms with van der Waals surface area (Å²) in [7, 11) is 0. The third-order valence-electron chi connectivity index (χ3n) is 4.05. The fraction of sp³-hybridized carbons (Fsp3) is 0.238. The molecular weight excluding hydrogens is 360 g/mol. The Morgan fingerprint density at radius 2 is 1.68 bits per heavy atom. The molecule has 2 aromatic rings. The Hall–Kier alpha value is -3.32. The summed E-state index contributed by atoms with van der Waals surface area (Å²) in [6.45, 7) is 2.50. The van der Waals surface area contributed by atoms with Crippen LogP contribution in [-0.2, 0) is 4.79 Å². The Bertz CT molecular complexity index is 833. The van der Waals surface area contributed by atoms with Gasteiger partial charge in [0.25, 0.3) is 0 Å². The second-order valence-corrected chi connectivity index (χ2v) is 6.23. The highest BCUT2D eigenvalue weighted by Crippen LogP contribution is 2.25. The molecule has 0 atom stereocenters. The van der Waals surface area contributed by atoms with Gasteiger partial charge in [-0.3, -0.25) is 4.79 Å². The highest BCUT2D eigenvalue weighted by molar-refractivity contribution is 6.06. The van der Waals surface area contributed by atoms with Gasteiger partial charge >= 0.3 is 5.97 Å². The fourth-order valence-corrected chi connectivity index (χ4v) is 2.57. The Morgan fingerprint density at radius 1 is 0.964 bits per heavy atom. The molecule has 148 valence electrons. The lowest BCUT2D eigenvalue weighted by molar-refractivity contribution is -0.111. The number of piperidine rings is 1. The van der Waals surface area contributed by atoms with E-state index in [0.29, 0.717) is 5.56 Å². The van der Waals surface area contributed by atoms with E-state index in [1.807, 2.05) is 0 Å². The average molecular weight is 384 g/mol. The Morgan fingerprint density at radius 3 is 2.25 bits per heavy atom. The van der Waals surface area contributed by atoms with E-state index >= 15 is 0 Å². The zero-order chi connectivity index (χ0) is 20.4. The summed E-state index contributed by atoms with van der Waals surface area (Å²) >= 11 is 0. The molecule has 3 rings (SSSR count). The van der Waals surface area contributed by atoms with Gasteiger partial charge in [0.2, 0.25) is 5.91 Å². The van der Waals surface area contributed by atoms with Crippen molar-refractivity contribution < 1.29 is 24.9 Å². The van der Waals surface area contributed by atoms with Crippen molar-refractivity contribution >= 4 is 23.6 Å². The number of carboxylic acid groups (broad SMARTS) is 1. The number of anilines is 1. The molecule has 0 aliphatic carbocycles. The first-order valence-corrected chi connectivity index (χ1v) is 9.01. The van der Waals surface area contributed by atoms with Crippen molar-refractivity contribution in [1.82, 2.24) is 5.32 Å². The third kappa shape index (κ3) is 6.77. The molecule has 0 radical (unpaired) electrons. The summed E-state index contributed by atoms with van der Waals surface area (Å²) in [6, 6.07) is 10.2. The van der Waals surface area contributed by atoms with Crippen LogP contribution in [0.15, 0.2) is 48.5 Å². The van der Waals surface area contributed by atoms with E-state index in [-0.39, 0.29) is 22.7 Å². The lowest BCUT2D eigenvalue weighted by Gasteiger charge is -2.08. The molecule has 2 aromatic carbocycles. The molecule has 1 aliphatic heterocycles. The Labute approximate surface area is 163 Å². The monoisotopic (exact) mass is 384 g/mol. The van der Waals surface area contributed by atoms with Gasteiger partial charge in [0.15, 0.2) is 11.5 Å². The maximum atomic E-state index is 11.8. The molecule has 1 saturated heterocycles. The van der Waals surface area contributed by atoms with Gasteiger partial charge in [-0.25, -0.2) is 4.79 Å². The molecule has 7 heteroatoms. The maximum Gasteiger partial charge on any atom is 0.337 e. The number of carbonyl (C=O) groups excluding carboxylic acids is 1. The number of amides is 1. The number of nitrogens with one attached hydrogen (secondary N) is 2. The van der Waals surface area contributed by atoms with Crippen molar-refractivity contribution in [2.24, 2.45) is 0 Å². The molecule has 0 spiro atoms. The molecule has 0 unspecified atom stereocenters. The number of benzene rings is 2. The molecule has 1 fully saturated rings. The van der Waals surface area contributed by atoms with Gasteiger partial charge in [-0.2, -0.15) is 0 Å². The van der Waals surface area contributed by atoms with Crippen LogP contribution in [-0.4, -0.2) is 40.3 Å². The first-order chi connectivity index (χ1) is 13.5. The first-order valence-electron chi connectivity index (χ1n) is 9.01. The SMILES string of the molecule is C1CCNCC1.O=C(C=Cc1ccc(O)c(O)c1)Nc1ccccc1C(=O)O. The highest BCUT2D eigenvalue weighted by atomic mass is 16.4. The largest absolute Gasteiger partial charge is 0.504 e. The van der Waals surface area contributed by atoms with Crippen LogP contribution >= 0.6 is 0 Å². The minimum Gasteiger partial charge on any atom is -0.504 e. The molecule has 0 aromatic heterocycles. The first kappa shape index (κ1) is 21.0. The smallest absolute Gasteiger partial charge is 0.337 e. The molecule has 1 aliphatic rings. The zero-order valence-corrected chi connectivity index (χ0v) is 15.4. The van der Waals surface area contributed by atoms with Gasteiger partial charge in [-0.05, 0) is 61.8 Å². The molecule has 0 saturated carbocycles. The standard InChI is InChI=1S/C16H13NO5.C5H11N/c18-13-7-5-10(9-14(13)19)6-8-15(20)17-12-4-2-1-3-11(12)16(21)22;1-2-4-6-5-3-1/h1-9,18-19H,(H,17,20)(H,21,22);6H,1-5H2. The number of carbonyl (C=O) groups is 2. The van der Waals surface area contributed by atoms with Gasteiger partial charge in [-0.15, -0.1) is 0 Å². The number of phenolic OH excluding ortho intramolecular Hbond substituents is 2. The summed E-state index contributed by atoms with van der Waals surface area (Å²) in [5.74, 6) is -2.19. The van der Waals surface area contributed by atoms with Gasteiger partial charge in [-0.1, -0.05) is 24.6 Å². The number of para-hydroxylation sites is 1. The molecule has 5 N–H and O–H groups in total. The van der Waals surface area contributed by atoms with Crippen LogP contribution < -0.4 is 10.6 Å². The highest BCUT2D eigenvalue weighted by Gasteiger charge is 2.10. The van der Waals surface area contributed by atoms with E-state index < -0.39 is 11.9 Å². The maximum absolute atomic E-state index is 11.8. The van der Waals surface area contributed by atoms with E-state index in [9.17, 15) is 19.8 Å². The number of aromatic carboxylic acids is 1. The van der Waals surface area contributed by atoms with Gasteiger partial charge in [0.05, 0.1) is 11.3 Å². The number of carboxylic acids is 1. The lowest BCUT2D eigenvalue weighted by Crippen LogP contribution is -2.21. The van der Waals surface area contributed by atoms with Crippen molar-refractivity contribution in [3.8, 4) is 11.5 Å².